The molecule has 6 nitrogen and oxygen atoms in total. The molecule has 0 radical (unpaired) electrons. The van der Waals surface area contributed by atoms with Gasteiger partial charge in [-0.3, -0.25) is 14.5 Å². The molecule has 1 fully saturated rings. The topological polar surface area (TPSA) is 72.9 Å². The van der Waals surface area contributed by atoms with Crippen LogP contribution in [0.1, 0.15) is 15.9 Å². The van der Waals surface area contributed by atoms with Crippen molar-refractivity contribution in [2.75, 3.05) is 13.2 Å². The number of hydrogen-bond acceptors (Lipinski definition) is 6. The summed E-state index contributed by atoms with van der Waals surface area (Å²) < 4.78 is 11.9. The van der Waals surface area contributed by atoms with Gasteiger partial charge in [-0.25, -0.2) is 4.79 Å². The van der Waals surface area contributed by atoms with E-state index in [1.807, 2.05) is 12.1 Å². The fourth-order valence-corrected chi connectivity index (χ4v) is 4.68. The van der Waals surface area contributed by atoms with Gasteiger partial charge in [0.1, 0.15) is 18.1 Å². The number of ether oxygens (including phenoxy) is 2. The predicted octanol–water partition coefficient (Wildman–Crippen LogP) is 6.28. The summed E-state index contributed by atoms with van der Waals surface area (Å²) in [7, 11) is 0. The average Bonchev–Trinajstić information content (AvgIpc) is 3.08. The maximum atomic E-state index is 12.7. The molecule has 0 aliphatic carbocycles. The van der Waals surface area contributed by atoms with Crippen LogP contribution < -0.4 is 9.47 Å². The molecule has 1 aliphatic rings. The lowest BCUT2D eigenvalue weighted by Crippen LogP contribution is -2.32. The number of nitrogens with zero attached hydrogens (tertiary/aromatic N) is 1. The first-order valence-corrected chi connectivity index (χ1v) is 12.4. The lowest BCUT2D eigenvalue weighted by molar-refractivity contribution is -0.123. The van der Waals surface area contributed by atoms with Crippen molar-refractivity contribution in [3.63, 3.8) is 0 Å². The molecule has 0 bridgehead atoms. The van der Waals surface area contributed by atoms with Gasteiger partial charge in [0.05, 0.1) is 17.0 Å². The van der Waals surface area contributed by atoms with Crippen molar-refractivity contribution < 1.29 is 23.9 Å². The van der Waals surface area contributed by atoms with E-state index in [1.165, 1.54) is 0 Å². The molecule has 3 aromatic carbocycles. The Morgan fingerprint density at radius 1 is 1.00 bits per heavy atom. The number of carbonyl (C=O) groups excluding carboxylic acids is 3. The minimum absolute atomic E-state index is 0.123. The van der Waals surface area contributed by atoms with Gasteiger partial charge in [0.15, 0.2) is 0 Å². The molecule has 9 heteroatoms. The Balaban J connectivity index is 1.40. The second-order valence-corrected chi connectivity index (χ2v) is 9.67. The summed E-state index contributed by atoms with van der Waals surface area (Å²) in [5.41, 5.74) is 1.10. The number of benzene rings is 3. The van der Waals surface area contributed by atoms with Crippen LogP contribution in [0.3, 0.4) is 0 Å². The zero-order valence-electron chi connectivity index (χ0n) is 17.6. The van der Waals surface area contributed by atoms with Gasteiger partial charge in [0.2, 0.25) is 0 Å². The molecule has 0 spiro atoms. The van der Waals surface area contributed by atoms with Crippen molar-refractivity contribution in [2.45, 2.75) is 0 Å². The van der Waals surface area contributed by atoms with Crippen molar-refractivity contribution in [3.8, 4) is 11.5 Å². The summed E-state index contributed by atoms with van der Waals surface area (Å²) in [5, 5.41) is 0.231. The Kier molecular flexibility index (Phi) is 7.91. The number of carbonyl (C=O) groups is 3. The Morgan fingerprint density at radius 3 is 2.53 bits per heavy atom. The van der Waals surface area contributed by atoms with Gasteiger partial charge in [0, 0.05) is 8.59 Å². The number of esters is 1. The molecule has 2 amide bonds. The van der Waals surface area contributed by atoms with Gasteiger partial charge >= 0.3 is 5.97 Å². The molecule has 0 unspecified atom stereocenters. The Morgan fingerprint density at radius 2 is 1.76 bits per heavy atom. The SMILES string of the molecule is O=C(Oc1cccc(/C=C2\SC(=O)N(CCOc3ccc(Cl)cc3)C2=O)c1)c1ccccc1I. The third-order valence-electron chi connectivity index (χ3n) is 4.73. The molecule has 34 heavy (non-hydrogen) atoms. The Bertz CT molecular complexity index is 1280. The van der Waals surface area contributed by atoms with E-state index in [1.54, 1.807) is 66.7 Å². The summed E-state index contributed by atoms with van der Waals surface area (Å²) in [4.78, 5) is 39.0. The number of imide groups is 1. The fourth-order valence-electron chi connectivity index (χ4n) is 3.09. The highest BCUT2D eigenvalue weighted by molar-refractivity contribution is 14.1. The molecule has 172 valence electrons. The van der Waals surface area contributed by atoms with E-state index in [-0.39, 0.29) is 23.3 Å². The van der Waals surface area contributed by atoms with Crippen molar-refractivity contribution >= 4 is 69.1 Å². The van der Waals surface area contributed by atoms with E-state index in [9.17, 15) is 14.4 Å². The second-order valence-electron chi connectivity index (χ2n) is 7.08. The van der Waals surface area contributed by atoms with Gasteiger partial charge in [-0.1, -0.05) is 35.9 Å². The molecule has 1 heterocycles. The van der Waals surface area contributed by atoms with Gasteiger partial charge in [-0.2, -0.15) is 0 Å². The predicted molar refractivity (Wildman–Crippen MR) is 140 cm³/mol. The highest BCUT2D eigenvalue weighted by Gasteiger charge is 2.34. The van der Waals surface area contributed by atoms with Crippen LogP contribution in [0.15, 0.2) is 77.7 Å². The van der Waals surface area contributed by atoms with Crippen LogP contribution in [0.25, 0.3) is 6.08 Å². The first kappa shape index (κ1) is 24.3. The van der Waals surface area contributed by atoms with E-state index in [0.29, 0.717) is 27.6 Å². The second kappa shape index (κ2) is 11.1. The molecule has 0 saturated carbocycles. The highest BCUT2D eigenvalue weighted by atomic mass is 127. The summed E-state index contributed by atoms with van der Waals surface area (Å²) in [5.74, 6) is 0.0802. The lowest BCUT2D eigenvalue weighted by atomic mass is 10.2. The van der Waals surface area contributed by atoms with Crippen molar-refractivity contribution in [1.82, 2.24) is 4.90 Å². The minimum atomic E-state index is -0.469. The first-order chi connectivity index (χ1) is 16.4. The molecule has 3 aromatic rings. The van der Waals surface area contributed by atoms with E-state index >= 15 is 0 Å². The molecule has 0 atom stereocenters. The van der Waals surface area contributed by atoms with Crippen LogP contribution in [0, 0.1) is 3.57 Å². The quantitative estimate of drug-likeness (QED) is 0.137. The van der Waals surface area contributed by atoms with Crippen LogP contribution in [-0.2, 0) is 4.79 Å². The third-order valence-corrected chi connectivity index (χ3v) is 6.83. The highest BCUT2D eigenvalue weighted by Crippen LogP contribution is 2.32. The number of rotatable bonds is 7. The number of halogens is 2. The number of amides is 2. The summed E-state index contributed by atoms with van der Waals surface area (Å²) in [6, 6.07) is 20.7. The van der Waals surface area contributed by atoms with E-state index in [2.05, 4.69) is 22.6 Å². The Hall–Kier alpha value is -2.82. The molecule has 1 aliphatic heterocycles. The maximum Gasteiger partial charge on any atom is 0.344 e. The zero-order chi connectivity index (χ0) is 24.1. The molecule has 4 rings (SSSR count). The van der Waals surface area contributed by atoms with Gasteiger partial charge in [-0.15, -0.1) is 0 Å². The summed E-state index contributed by atoms with van der Waals surface area (Å²) in [6.07, 6.45) is 1.61. The average molecular weight is 606 g/mol. The van der Waals surface area contributed by atoms with Gasteiger partial charge in [-0.05, 0) is 94.5 Å². The van der Waals surface area contributed by atoms with Gasteiger partial charge < -0.3 is 9.47 Å². The van der Waals surface area contributed by atoms with Crippen molar-refractivity contribution in [3.05, 3.63) is 97.4 Å². The van der Waals surface area contributed by atoms with E-state index in [0.717, 1.165) is 20.2 Å². The monoisotopic (exact) mass is 605 g/mol. The first-order valence-electron chi connectivity index (χ1n) is 10.1. The van der Waals surface area contributed by atoms with Crippen LogP contribution in [-0.4, -0.2) is 35.2 Å². The van der Waals surface area contributed by atoms with Crippen LogP contribution in [0.2, 0.25) is 5.02 Å². The molecular formula is C25H17ClINO5S. The Labute approximate surface area is 219 Å². The third kappa shape index (κ3) is 5.99. The smallest absolute Gasteiger partial charge is 0.344 e. The molecule has 1 saturated heterocycles. The summed E-state index contributed by atoms with van der Waals surface area (Å²) in [6.45, 7) is 0.286. The van der Waals surface area contributed by atoms with Crippen LogP contribution in [0.5, 0.6) is 11.5 Å². The minimum Gasteiger partial charge on any atom is -0.492 e. The molecule has 0 aromatic heterocycles. The number of thioether (sulfide) groups is 1. The zero-order valence-corrected chi connectivity index (χ0v) is 21.3. The number of hydrogen-bond donors (Lipinski definition) is 0. The summed E-state index contributed by atoms with van der Waals surface area (Å²) >= 11 is 8.79. The fraction of sp³-hybridized carbons (Fsp3) is 0.0800. The molecular weight excluding hydrogens is 589 g/mol. The van der Waals surface area contributed by atoms with Gasteiger partial charge in [0.25, 0.3) is 11.1 Å². The van der Waals surface area contributed by atoms with E-state index in [4.69, 9.17) is 21.1 Å². The van der Waals surface area contributed by atoms with E-state index < -0.39 is 11.9 Å². The normalized spacial score (nSPS) is 14.5. The van der Waals surface area contributed by atoms with Crippen molar-refractivity contribution in [1.29, 1.82) is 0 Å². The lowest BCUT2D eigenvalue weighted by Gasteiger charge is -2.13. The van der Waals surface area contributed by atoms with Crippen molar-refractivity contribution in [2.24, 2.45) is 0 Å². The largest absolute Gasteiger partial charge is 0.492 e. The van der Waals surface area contributed by atoms with Crippen LogP contribution in [0.4, 0.5) is 4.79 Å². The molecule has 0 N–H and O–H groups in total. The standard InChI is InChI=1S/C25H17ClINO5S/c26-17-8-10-18(11-9-17)32-13-12-28-23(29)22(34-25(28)31)15-16-4-3-5-19(14-16)33-24(30)20-6-1-2-7-21(20)27/h1-11,14-15H,12-13H2/b22-15-. The van der Waals surface area contributed by atoms with Crippen LogP contribution >= 0.6 is 46.0 Å². The maximum absolute atomic E-state index is 12.7.